The van der Waals surface area contributed by atoms with E-state index >= 15 is 0 Å². The van der Waals surface area contributed by atoms with Crippen LogP contribution in [-0.4, -0.2) is 10.0 Å². The maximum absolute atomic E-state index is 10.6. The maximum atomic E-state index is 10.6. The third kappa shape index (κ3) is 1.34. The van der Waals surface area contributed by atoms with E-state index in [4.69, 9.17) is 0 Å². The molecule has 0 saturated heterocycles. The summed E-state index contributed by atoms with van der Waals surface area (Å²) < 4.78 is 1.24. The van der Waals surface area contributed by atoms with E-state index in [1.165, 1.54) is 6.07 Å². The predicted molar refractivity (Wildman–Crippen MR) is 62.9 cm³/mol. The van der Waals surface area contributed by atoms with Crippen LogP contribution in [0.4, 0.5) is 5.00 Å². The average molecular weight is 321 g/mol. The largest absolute Gasteiger partial charge is 0.507 e. The van der Waals surface area contributed by atoms with E-state index in [1.807, 2.05) is 22.6 Å². The van der Waals surface area contributed by atoms with Crippen molar-refractivity contribution in [2.24, 2.45) is 0 Å². The molecule has 72 valence electrons. The summed E-state index contributed by atoms with van der Waals surface area (Å²) in [5.41, 5.74) is 0. The van der Waals surface area contributed by atoms with Gasteiger partial charge >= 0.3 is 5.00 Å². The minimum atomic E-state index is -0.425. The second-order valence-corrected chi connectivity index (χ2v) is 4.74. The third-order valence-corrected chi connectivity index (χ3v) is 4.31. The fraction of sp³-hybridized carbons (Fsp3) is 0. The van der Waals surface area contributed by atoms with E-state index in [9.17, 15) is 15.2 Å². The third-order valence-electron chi connectivity index (χ3n) is 1.78. The van der Waals surface area contributed by atoms with Gasteiger partial charge in [0.05, 0.1) is 10.3 Å². The number of fused-ring (bicyclic) bond motifs is 1. The van der Waals surface area contributed by atoms with Gasteiger partial charge in [-0.05, 0) is 34.7 Å². The van der Waals surface area contributed by atoms with Crippen molar-refractivity contribution in [3.05, 3.63) is 31.9 Å². The predicted octanol–water partition coefficient (Wildman–Crippen LogP) is 3.12. The fourth-order valence-corrected chi connectivity index (χ4v) is 3.41. The van der Waals surface area contributed by atoms with Crippen LogP contribution in [0.3, 0.4) is 0 Å². The van der Waals surface area contributed by atoms with Gasteiger partial charge in [-0.25, -0.2) is 0 Å². The molecular weight excluding hydrogens is 317 g/mol. The summed E-state index contributed by atoms with van der Waals surface area (Å²) in [5, 5.41) is 20.8. The number of phenolic OH excluding ortho intramolecular Hbond substituents is 1. The average Bonchev–Trinajstić information content (AvgIpc) is 2.45. The molecule has 1 N–H and O–H groups in total. The number of hydrogen-bond acceptors (Lipinski definition) is 4. The van der Waals surface area contributed by atoms with E-state index < -0.39 is 4.92 Å². The zero-order valence-electron chi connectivity index (χ0n) is 6.73. The van der Waals surface area contributed by atoms with Crippen LogP contribution in [0.1, 0.15) is 0 Å². The normalized spacial score (nSPS) is 10.6. The first-order valence-corrected chi connectivity index (χ1v) is 5.55. The molecule has 0 aliphatic heterocycles. The van der Waals surface area contributed by atoms with Crippen molar-refractivity contribution < 1.29 is 10.0 Å². The highest BCUT2D eigenvalue weighted by molar-refractivity contribution is 14.1. The SMILES string of the molecule is O=[N+]([O-])c1sc2cccc(O)c2c1I. The van der Waals surface area contributed by atoms with Crippen LogP contribution >= 0.6 is 33.9 Å². The minimum absolute atomic E-state index is 0.0853. The Hall–Kier alpha value is -0.890. The van der Waals surface area contributed by atoms with Gasteiger partial charge in [0.25, 0.3) is 0 Å². The number of thiophene rings is 1. The maximum Gasteiger partial charge on any atom is 0.338 e. The first-order valence-electron chi connectivity index (χ1n) is 3.65. The molecule has 0 radical (unpaired) electrons. The monoisotopic (exact) mass is 321 g/mol. The number of phenols is 1. The highest BCUT2D eigenvalue weighted by atomic mass is 127. The topological polar surface area (TPSA) is 63.4 Å². The summed E-state index contributed by atoms with van der Waals surface area (Å²) in [7, 11) is 0. The molecule has 0 spiro atoms. The Kier molecular flexibility index (Phi) is 2.31. The molecule has 0 saturated carbocycles. The quantitative estimate of drug-likeness (QED) is 0.499. The van der Waals surface area contributed by atoms with E-state index in [2.05, 4.69) is 0 Å². The number of nitro groups is 1. The molecule has 0 amide bonds. The lowest BCUT2D eigenvalue weighted by Crippen LogP contribution is -1.84. The molecule has 6 heteroatoms. The van der Waals surface area contributed by atoms with Gasteiger partial charge < -0.3 is 5.11 Å². The molecule has 0 fully saturated rings. The summed E-state index contributed by atoms with van der Waals surface area (Å²) in [4.78, 5) is 10.2. The summed E-state index contributed by atoms with van der Waals surface area (Å²) in [6.45, 7) is 0. The summed E-state index contributed by atoms with van der Waals surface area (Å²) >= 11 is 2.96. The molecule has 1 aromatic heterocycles. The molecule has 1 aromatic carbocycles. The summed E-state index contributed by atoms with van der Waals surface area (Å²) in [6.07, 6.45) is 0. The molecule has 2 aromatic rings. The van der Waals surface area contributed by atoms with Crippen molar-refractivity contribution in [3.63, 3.8) is 0 Å². The Morgan fingerprint density at radius 1 is 1.50 bits per heavy atom. The summed E-state index contributed by atoms with van der Waals surface area (Å²) in [5.74, 6) is 0.0938. The Balaban J connectivity index is 2.87. The second-order valence-electron chi connectivity index (χ2n) is 2.63. The van der Waals surface area contributed by atoms with Gasteiger partial charge in [0.1, 0.15) is 9.32 Å². The molecule has 0 unspecified atom stereocenters. The van der Waals surface area contributed by atoms with Gasteiger partial charge in [0.15, 0.2) is 0 Å². The minimum Gasteiger partial charge on any atom is -0.507 e. The zero-order valence-corrected chi connectivity index (χ0v) is 9.70. The van der Waals surface area contributed by atoms with Crippen molar-refractivity contribution in [1.29, 1.82) is 0 Å². The van der Waals surface area contributed by atoms with Crippen molar-refractivity contribution in [3.8, 4) is 5.75 Å². The molecule has 4 nitrogen and oxygen atoms in total. The molecule has 0 aliphatic rings. The van der Waals surface area contributed by atoms with Crippen molar-refractivity contribution in [1.82, 2.24) is 0 Å². The van der Waals surface area contributed by atoms with Crippen molar-refractivity contribution in [2.45, 2.75) is 0 Å². The highest BCUT2D eigenvalue weighted by Crippen LogP contribution is 2.41. The lowest BCUT2D eigenvalue weighted by molar-refractivity contribution is -0.381. The van der Waals surface area contributed by atoms with Gasteiger partial charge in [-0.15, -0.1) is 0 Å². The van der Waals surface area contributed by atoms with E-state index in [-0.39, 0.29) is 10.8 Å². The van der Waals surface area contributed by atoms with Crippen LogP contribution in [0.25, 0.3) is 10.1 Å². The molecule has 2 rings (SSSR count). The Morgan fingerprint density at radius 3 is 2.79 bits per heavy atom. The number of benzene rings is 1. The van der Waals surface area contributed by atoms with Crippen LogP contribution in [-0.2, 0) is 0 Å². The molecular formula is C8H4INO3S. The Labute approximate surface area is 96.5 Å². The van der Waals surface area contributed by atoms with Crippen molar-refractivity contribution >= 4 is 49.0 Å². The summed E-state index contributed by atoms with van der Waals surface area (Å²) in [6, 6.07) is 4.96. The number of halogens is 1. The van der Waals surface area contributed by atoms with Crippen LogP contribution in [0.2, 0.25) is 0 Å². The first kappa shape index (κ1) is 9.66. The molecule has 14 heavy (non-hydrogen) atoms. The van der Waals surface area contributed by atoms with Crippen LogP contribution < -0.4 is 0 Å². The first-order chi connectivity index (χ1) is 6.61. The number of rotatable bonds is 1. The Morgan fingerprint density at radius 2 is 2.21 bits per heavy atom. The van der Waals surface area contributed by atoms with E-state index in [0.29, 0.717) is 8.96 Å². The molecule has 1 heterocycles. The van der Waals surface area contributed by atoms with Crippen molar-refractivity contribution in [2.75, 3.05) is 0 Å². The van der Waals surface area contributed by atoms with Crippen LogP contribution in [0.15, 0.2) is 18.2 Å². The molecule has 0 bridgehead atoms. The van der Waals surface area contributed by atoms with Gasteiger partial charge in [0.2, 0.25) is 0 Å². The molecule has 0 aliphatic carbocycles. The lowest BCUT2D eigenvalue weighted by Gasteiger charge is -1.92. The van der Waals surface area contributed by atoms with E-state index in [0.717, 1.165) is 16.0 Å². The smallest absolute Gasteiger partial charge is 0.338 e. The van der Waals surface area contributed by atoms with Gasteiger partial charge in [0, 0.05) is 4.70 Å². The highest BCUT2D eigenvalue weighted by Gasteiger charge is 2.20. The van der Waals surface area contributed by atoms with E-state index in [1.54, 1.807) is 12.1 Å². The number of aromatic hydroxyl groups is 1. The van der Waals surface area contributed by atoms with Gasteiger partial charge in [-0.1, -0.05) is 17.4 Å². The standard InChI is InChI=1S/C8H4INO3S/c9-7-6-4(11)2-1-3-5(6)14-8(7)10(12)13/h1-3,11H. The fourth-order valence-electron chi connectivity index (χ4n) is 1.20. The van der Waals surface area contributed by atoms with Gasteiger partial charge in [-0.3, -0.25) is 10.1 Å². The number of hydrogen-bond donors (Lipinski definition) is 1. The lowest BCUT2D eigenvalue weighted by atomic mass is 10.2. The van der Waals surface area contributed by atoms with Crippen LogP contribution in [0.5, 0.6) is 5.75 Å². The zero-order chi connectivity index (χ0) is 10.3. The van der Waals surface area contributed by atoms with Crippen LogP contribution in [0, 0.1) is 13.7 Å². The second kappa shape index (κ2) is 3.35. The molecule has 0 atom stereocenters. The Bertz CT molecular complexity index is 523. The number of nitrogens with zero attached hydrogens (tertiary/aromatic N) is 1. The van der Waals surface area contributed by atoms with Gasteiger partial charge in [-0.2, -0.15) is 0 Å².